The minimum atomic E-state index is -0.858. The topological polar surface area (TPSA) is 110 Å². The Hall–Kier alpha value is -2.95. The number of nitrogens with two attached hydrogens (primary N) is 1. The summed E-state index contributed by atoms with van der Waals surface area (Å²) in [5.74, 6) is -0.228. The SMILES string of the molecule is COCCn1cc(-c2ccc(C[C@@H](C#N)NC(=O)C3(N)CCCCC3)cc2)ccc1=O. The molecule has 1 heterocycles. The van der Waals surface area contributed by atoms with Gasteiger partial charge in [-0.15, -0.1) is 0 Å². The molecular weight excluding hydrogens is 392 g/mol. The van der Waals surface area contributed by atoms with E-state index >= 15 is 0 Å². The van der Waals surface area contributed by atoms with Gasteiger partial charge in [-0.1, -0.05) is 43.5 Å². The second-order valence-electron chi connectivity index (χ2n) is 8.22. The van der Waals surface area contributed by atoms with Gasteiger partial charge in [0.1, 0.15) is 6.04 Å². The van der Waals surface area contributed by atoms with Gasteiger partial charge < -0.3 is 20.4 Å². The normalized spacial score (nSPS) is 16.3. The van der Waals surface area contributed by atoms with E-state index in [0.717, 1.165) is 36.0 Å². The summed E-state index contributed by atoms with van der Waals surface area (Å²) in [5.41, 5.74) is 8.19. The van der Waals surface area contributed by atoms with E-state index in [1.807, 2.05) is 30.5 Å². The van der Waals surface area contributed by atoms with E-state index in [9.17, 15) is 14.9 Å². The van der Waals surface area contributed by atoms with Gasteiger partial charge in [0.05, 0.1) is 18.2 Å². The van der Waals surface area contributed by atoms with Crippen LogP contribution in [0, 0.1) is 11.3 Å². The summed E-state index contributed by atoms with van der Waals surface area (Å²) < 4.78 is 6.68. The third kappa shape index (κ3) is 5.81. The van der Waals surface area contributed by atoms with Crippen molar-refractivity contribution in [1.82, 2.24) is 9.88 Å². The van der Waals surface area contributed by atoms with Crippen molar-refractivity contribution >= 4 is 5.91 Å². The first-order valence-electron chi connectivity index (χ1n) is 10.7. The number of benzene rings is 1. The van der Waals surface area contributed by atoms with E-state index < -0.39 is 11.6 Å². The fourth-order valence-corrected chi connectivity index (χ4v) is 3.98. The van der Waals surface area contributed by atoms with Crippen molar-refractivity contribution in [2.75, 3.05) is 13.7 Å². The van der Waals surface area contributed by atoms with Gasteiger partial charge in [-0.2, -0.15) is 5.26 Å². The Bertz CT molecular complexity index is 985. The quantitative estimate of drug-likeness (QED) is 0.679. The average molecular weight is 423 g/mol. The van der Waals surface area contributed by atoms with E-state index in [2.05, 4.69) is 11.4 Å². The first-order valence-corrected chi connectivity index (χ1v) is 10.7. The minimum absolute atomic E-state index is 0.0688. The van der Waals surface area contributed by atoms with Crippen molar-refractivity contribution in [3.63, 3.8) is 0 Å². The van der Waals surface area contributed by atoms with Crippen LogP contribution in [0.15, 0.2) is 47.4 Å². The molecule has 1 aliphatic rings. The molecule has 3 N–H and O–H groups in total. The zero-order chi connectivity index (χ0) is 22.3. The maximum Gasteiger partial charge on any atom is 0.250 e. The number of ether oxygens (including phenoxy) is 1. The van der Waals surface area contributed by atoms with Crippen LogP contribution in [0.5, 0.6) is 0 Å². The molecule has 7 nitrogen and oxygen atoms in total. The zero-order valence-electron chi connectivity index (χ0n) is 18.0. The zero-order valence-corrected chi connectivity index (χ0v) is 18.0. The largest absolute Gasteiger partial charge is 0.383 e. The smallest absolute Gasteiger partial charge is 0.250 e. The summed E-state index contributed by atoms with van der Waals surface area (Å²) >= 11 is 0. The van der Waals surface area contributed by atoms with Gasteiger partial charge in [0, 0.05) is 32.3 Å². The van der Waals surface area contributed by atoms with Crippen LogP contribution in [-0.4, -0.2) is 35.8 Å². The van der Waals surface area contributed by atoms with Gasteiger partial charge in [0.25, 0.3) is 5.56 Å². The standard InChI is InChI=1S/C24H30N4O3/c1-31-14-13-28-17-20(9-10-22(28)29)19-7-5-18(6-8-19)15-21(16-25)27-23(30)24(26)11-3-2-4-12-24/h5-10,17,21H,2-4,11-15,26H2,1H3,(H,27,30)/t21-/m0/s1. The molecule has 164 valence electrons. The van der Waals surface area contributed by atoms with Crippen molar-refractivity contribution in [1.29, 1.82) is 5.26 Å². The van der Waals surface area contributed by atoms with Gasteiger partial charge in [-0.25, -0.2) is 0 Å². The highest BCUT2D eigenvalue weighted by atomic mass is 16.5. The van der Waals surface area contributed by atoms with Crippen LogP contribution in [0.3, 0.4) is 0 Å². The number of methoxy groups -OCH3 is 1. The fourth-order valence-electron chi connectivity index (χ4n) is 3.98. The van der Waals surface area contributed by atoms with Crippen molar-refractivity contribution < 1.29 is 9.53 Å². The summed E-state index contributed by atoms with van der Waals surface area (Å²) in [6.45, 7) is 0.959. The number of pyridine rings is 1. The lowest BCUT2D eigenvalue weighted by atomic mass is 9.81. The number of nitrogens with zero attached hydrogens (tertiary/aromatic N) is 2. The fraction of sp³-hybridized carbons (Fsp3) is 0.458. The van der Waals surface area contributed by atoms with Crippen LogP contribution >= 0.6 is 0 Å². The molecule has 31 heavy (non-hydrogen) atoms. The molecule has 1 atom stereocenters. The first kappa shape index (κ1) is 22.7. The first-order chi connectivity index (χ1) is 14.9. The Balaban J connectivity index is 1.66. The number of rotatable bonds is 8. The number of hydrogen-bond acceptors (Lipinski definition) is 5. The molecule has 1 aromatic carbocycles. The molecule has 0 spiro atoms. The van der Waals surface area contributed by atoms with Gasteiger partial charge in [-0.3, -0.25) is 9.59 Å². The molecule has 1 aromatic heterocycles. The van der Waals surface area contributed by atoms with Crippen LogP contribution < -0.4 is 16.6 Å². The van der Waals surface area contributed by atoms with Crippen molar-refractivity contribution in [2.24, 2.45) is 5.73 Å². The van der Waals surface area contributed by atoms with E-state index in [-0.39, 0.29) is 11.5 Å². The molecule has 0 saturated heterocycles. The Morgan fingerprint density at radius 2 is 1.87 bits per heavy atom. The van der Waals surface area contributed by atoms with Crippen molar-refractivity contribution in [2.45, 2.75) is 56.7 Å². The maximum atomic E-state index is 12.6. The number of carbonyl (C=O) groups is 1. The molecule has 0 radical (unpaired) electrons. The predicted octanol–water partition coefficient (Wildman–Crippen LogP) is 2.37. The Kier molecular flexibility index (Phi) is 7.61. The molecule has 1 saturated carbocycles. The van der Waals surface area contributed by atoms with Crippen LogP contribution in [0.4, 0.5) is 0 Å². The summed E-state index contributed by atoms with van der Waals surface area (Å²) in [6, 6.07) is 12.7. The van der Waals surface area contributed by atoms with E-state index in [4.69, 9.17) is 10.5 Å². The lowest BCUT2D eigenvalue weighted by molar-refractivity contribution is -0.127. The molecular formula is C24H30N4O3. The highest BCUT2D eigenvalue weighted by Gasteiger charge is 2.36. The molecule has 7 heteroatoms. The lowest BCUT2D eigenvalue weighted by Crippen LogP contribution is -2.57. The van der Waals surface area contributed by atoms with E-state index in [1.165, 1.54) is 0 Å². The van der Waals surface area contributed by atoms with Gasteiger partial charge in [-0.05, 0) is 35.6 Å². The van der Waals surface area contributed by atoms with E-state index in [0.29, 0.717) is 32.4 Å². The number of aromatic nitrogens is 1. The average Bonchev–Trinajstić information content (AvgIpc) is 2.79. The second kappa shape index (κ2) is 10.4. The highest BCUT2D eigenvalue weighted by Crippen LogP contribution is 2.26. The predicted molar refractivity (Wildman–Crippen MR) is 119 cm³/mol. The summed E-state index contributed by atoms with van der Waals surface area (Å²) in [5, 5.41) is 12.4. The second-order valence-corrected chi connectivity index (χ2v) is 8.22. The third-order valence-corrected chi connectivity index (χ3v) is 5.91. The molecule has 0 aliphatic heterocycles. The van der Waals surface area contributed by atoms with Crippen LogP contribution in [0.1, 0.15) is 37.7 Å². The molecule has 3 rings (SSSR count). The third-order valence-electron chi connectivity index (χ3n) is 5.91. The Labute approximate surface area is 182 Å². The molecule has 1 fully saturated rings. The molecule has 0 bridgehead atoms. The number of carbonyl (C=O) groups excluding carboxylic acids is 1. The monoisotopic (exact) mass is 422 g/mol. The Morgan fingerprint density at radius 1 is 1.19 bits per heavy atom. The highest BCUT2D eigenvalue weighted by molar-refractivity contribution is 5.86. The van der Waals surface area contributed by atoms with Gasteiger partial charge >= 0.3 is 0 Å². The minimum Gasteiger partial charge on any atom is -0.383 e. The van der Waals surface area contributed by atoms with Crippen molar-refractivity contribution in [3.8, 4) is 17.2 Å². The van der Waals surface area contributed by atoms with Crippen LogP contribution in [0.25, 0.3) is 11.1 Å². The maximum absolute atomic E-state index is 12.6. The van der Waals surface area contributed by atoms with Crippen molar-refractivity contribution in [3.05, 3.63) is 58.5 Å². The molecule has 0 unspecified atom stereocenters. The molecule has 2 aromatic rings. The Morgan fingerprint density at radius 3 is 2.52 bits per heavy atom. The van der Waals surface area contributed by atoms with Crippen LogP contribution in [0.2, 0.25) is 0 Å². The van der Waals surface area contributed by atoms with Crippen LogP contribution in [-0.2, 0) is 22.5 Å². The lowest BCUT2D eigenvalue weighted by Gasteiger charge is -2.32. The van der Waals surface area contributed by atoms with Gasteiger partial charge in [0.15, 0.2) is 0 Å². The van der Waals surface area contributed by atoms with Gasteiger partial charge in [0.2, 0.25) is 5.91 Å². The summed E-state index contributed by atoms with van der Waals surface area (Å²) in [7, 11) is 1.60. The number of hydrogen-bond donors (Lipinski definition) is 2. The number of nitriles is 1. The molecule has 1 amide bonds. The molecule has 1 aliphatic carbocycles. The summed E-state index contributed by atoms with van der Waals surface area (Å²) in [6.07, 6.45) is 6.55. The van der Waals surface area contributed by atoms with E-state index in [1.54, 1.807) is 23.8 Å². The number of amides is 1. The summed E-state index contributed by atoms with van der Waals surface area (Å²) in [4.78, 5) is 24.6. The number of nitrogens with one attached hydrogen (secondary N) is 1.